The van der Waals surface area contributed by atoms with Crippen LogP contribution in [0.5, 0.6) is 0 Å². The highest BCUT2D eigenvalue weighted by Crippen LogP contribution is 2.35. The lowest BCUT2D eigenvalue weighted by Gasteiger charge is -2.38. The molecule has 2 bridgehead atoms. The molecule has 2 aliphatic rings. The molecule has 2 nitrogen and oxygen atoms in total. The molecule has 0 aromatic carbocycles. The topological polar surface area (TPSA) is 15.3 Å². The number of fused-ring (bicyclic) bond motifs is 2. The summed E-state index contributed by atoms with van der Waals surface area (Å²) in [6.07, 6.45) is 7.85. The number of rotatable bonds is 4. The molecule has 2 rings (SSSR count). The monoisotopic (exact) mass is 214 g/mol. The fourth-order valence-corrected chi connectivity index (χ4v) is 3.47. The summed E-state index contributed by atoms with van der Waals surface area (Å²) in [6.45, 7) is 1.31. The van der Waals surface area contributed by atoms with Crippen LogP contribution in [-0.2, 0) is 0 Å². The second-order valence-corrected chi connectivity index (χ2v) is 5.56. The molecule has 2 fully saturated rings. The van der Waals surface area contributed by atoms with Gasteiger partial charge in [-0.15, -0.1) is 0 Å². The van der Waals surface area contributed by atoms with Crippen LogP contribution in [0.15, 0.2) is 0 Å². The molecular weight excluding hydrogens is 192 g/mol. The van der Waals surface area contributed by atoms with Crippen LogP contribution in [0, 0.1) is 0 Å². The standard InChI is InChI=1S/C11H22N2S/c1-12-9-7-10-3-4-11(8-9)13(10)5-6-14-2/h9-12H,3-8H2,1-2H3. The molecule has 14 heavy (non-hydrogen) atoms. The third-order valence-corrected chi connectivity index (χ3v) is 4.44. The molecule has 3 heteroatoms. The zero-order valence-electron chi connectivity index (χ0n) is 9.33. The normalized spacial score (nSPS) is 37.7. The predicted octanol–water partition coefficient (Wildman–Crippen LogP) is 1.56. The van der Waals surface area contributed by atoms with Gasteiger partial charge in [-0.05, 0) is 39.0 Å². The predicted molar refractivity (Wildman–Crippen MR) is 64.0 cm³/mol. The molecule has 0 radical (unpaired) electrons. The number of hydrogen-bond acceptors (Lipinski definition) is 3. The van der Waals surface area contributed by atoms with E-state index in [1.54, 1.807) is 0 Å². The Morgan fingerprint density at radius 3 is 2.43 bits per heavy atom. The van der Waals surface area contributed by atoms with E-state index in [1.807, 2.05) is 11.8 Å². The molecule has 82 valence electrons. The highest BCUT2D eigenvalue weighted by Gasteiger charge is 2.39. The number of thioether (sulfide) groups is 1. The van der Waals surface area contributed by atoms with E-state index in [1.165, 1.54) is 38.0 Å². The fourth-order valence-electron chi connectivity index (χ4n) is 3.07. The summed E-state index contributed by atoms with van der Waals surface area (Å²) in [7, 11) is 2.11. The van der Waals surface area contributed by atoms with E-state index < -0.39 is 0 Å². The van der Waals surface area contributed by atoms with Gasteiger partial charge < -0.3 is 5.32 Å². The Bertz CT molecular complexity index is 172. The van der Waals surface area contributed by atoms with Gasteiger partial charge in [-0.25, -0.2) is 0 Å². The van der Waals surface area contributed by atoms with Crippen LogP contribution in [0.1, 0.15) is 25.7 Å². The van der Waals surface area contributed by atoms with Crippen molar-refractivity contribution in [3.05, 3.63) is 0 Å². The molecule has 1 N–H and O–H groups in total. The van der Waals surface area contributed by atoms with Crippen molar-refractivity contribution in [3.63, 3.8) is 0 Å². The minimum absolute atomic E-state index is 0.790. The van der Waals surface area contributed by atoms with E-state index in [2.05, 4.69) is 23.5 Å². The molecule has 2 atom stereocenters. The maximum atomic E-state index is 3.45. The van der Waals surface area contributed by atoms with Crippen molar-refractivity contribution in [1.82, 2.24) is 10.2 Å². The molecule has 2 aliphatic heterocycles. The highest BCUT2D eigenvalue weighted by atomic mass is 32.2. The van der Waals surface area contributed by atoms with Crippen LogP contribution in [0.4, 0.5) is 0 Å². The maximum absolute atomic E-state index is 3.45. The molecule has 0 aliphatic carbocycles. The Morgan fingerprint density at radius 2 is 1.93 bits per heavy atom. The summed E-state index contributed by atoms with van der Waals surface area (Å²) >= 11 is 1.98. The van der Waals surface area contributed by atoms with Crippen LogP contribution in [0.25, 0.3) is 0 Å². The Balaban J connectivity index is 1.89. The van der Waals surface area contributed by atoms with Crippen molar-refractivity contribution < 1.29 is 0 Å². The van der Waals surface area contributed by atoms with Gasteiger partial charge in [-0.3, -0.25) is 4.90 Å². The van der Waals surface area contributed by atoms with E-state index in [4.69, 9.17) is 0 Å². The van der Waals surface area contributed by atoms with Crippen molar-refractivity contribution >= 4 is 11.8 Å². The zero-order chi connectivity index (χ0) is 9.97. The molecule has 0 aromatic rings. The minimum atomic E-state index is 0.790. The Hall–Kier alpha value is 0.270. The zero-order valence-corrected chi connectivity index (χ0v) is 10.1. The Morgan fingerprint density at radius 1 is 1.29 bits per heavy atom. The third kappa shape index (κ3) is 2.10. The van der Waals surface area contributed by atoms with Gasteiger partial charge in [0.25, 0.3) is 0 Å². The first-order valence-corrected chi connectivity index (χ1v) is 7.16. The van der Waals surface area contributed by atoms with Crippen molar-refractivity contribution in [1.29, 1.82) is 0 Å². The Labute approximate surface area is 91.8 Å². The second-order valence-electron chi connectivity index (χ2n) is 4.57. The van der Waals surface area contributed by atoms with E-state index >= 15 is 0 Å². The van der Waals surface area contributed by atoms with Gasteiger partial charge in [0.2, 0.25) is 0 Å². The number of hydrogen-bond donors (Lipinski definition) is 1. The van der Waals surface area contributed by atoms with E-state index in [-0.39, 0.29) is 0 Å². The molecule has 0 saturated carbocycles. The maximum Gasteiger partial charge on any atom is 0.0114 e. The number of nitrogens with zero attached hydrogens (tertiary/aromatic N) is 1. The summed E-state index contributed by atoms with van der Waals surface area (Å²) in [5.41, 5.74) is 0. The van der Waals surface area contributed by atoms with Gasteiger partial charge in [-0.1, -0.05) is 0 Å². The van der Waals surface area contributed by atoms with Crippen molar-refractivity contribution in [2.45, 2.75) is 43.8 Å². The molecule has 0 spiro atoms. The van der Waals surface area contributed by atoms with Gasteiger partial charge in [0.15, 0.2) is 0 Å². The lowest BCUT2D eigenvalue weighted by atomic mass is 9.98. The van der Waals surface area contributed by atoms with Crippen molar-refractivity contribution in [2.75, 3.05) is 25.6 Å². The van der Waals surface area contributed by atoms with Crippen LogP contribution in [0.2, 0.25) is 0 Å². The van der Waals surface area contributed by atoms with Crippen LogP contribution in [-0.4, -0.2) is 48.6 Å². The smallest absolute Gasteiger partial charge is 0.0114 e. The number of piperidine rings is 1. The molecule has 2 unspecified atom stereocenters. The van der Waals surface area contributed by atoms with Crippen LogP contribution < -0.4 is 5.32 Å². The molecule has 0 aromatic heterocycles. The van der Waals surface area contributed by atoms with E-state index in [0.29, 0.717) is 0 Å². The summed E-state index contributed by atoms with van der Waals surface area (Å²) < 4.78 is 0. The van der Waals surface area contributed by atoms with Gasteiger partial charge in [0.1, 0.15) is 0 Å². The summed E-state index contributed by atoms with van der Waals surface area (Å²) in [5.74, 6) is 1.30. The summed E-state index contributed by atoms with van der Waals surface area (Å²) in [6, 6.07) is 2.56. The van der Waals surface area contributed by atoms with Crippen LogP contribution >= 0.6 is 11.8 Å². The average molecular weight is 214 g/mol. The minimum Gasteiger partial charge on any atom is -0.317 e. The van der Waals surface area contributed by atoms with E-state index in [9.17, 15) is 0 Å². The van der Waals surface area contributed by atoms with Crippen LogP contribution in [0.3, 0.4) is 0 Å². The van der Waals surface area contributed by atoms with Gasteiger partial charge >= 0.3 is 0 Å². The van der Waals surface area contributed by atoms with Gasteiger partial charge in [-0.2, -0.15) is 11.8 Å². The SMILES string of the molecule is CNC1CC2CCC(C1)N2CCSC. The number of nitrogens with one attached hydrogen (secondary N) is 1. The quantitative estimate of drug-likeness (QED) is 0.764. The lowest BCUT2D eigenvalue weighted by molar-refractivity contribution is 0.128. The van der Waals surface area contributed by atoms with Gasteiger partial charge in [0.05, 0.1) is 0 Å². The first-order chi connectivity index (χ1) is 6.85. The molecule has 0 amide bonds. The van der Waals surface area contributed by atoms with Crippen molar-refractivity contribution in [3.8, 4) is 0 Å². The second kappa shape index (κ2) is 4.86. The largest absolute Gasteiger partial charge is 0.317 e. The first kappa shape index (κ1) is 10.8. The fraction of sp³-hybridized carbons (Fsp3) is 1.00. The average Bonchev–Trinajstić information content (AvgIpc) is 2.46. The molecular formula is C11H22N2S. The third-order valence-electron chi connectivity index (χ3n) is 3.85. The Kier molecular flexibility index (Phi) is 3.74. The van der Waals surface area contributed by atoms with E-state index in [0.717, 1.165) is 18.1 Å². The lowest BCUT2D eigenvalue weighted by Crippen LogP contribution is -2.48. The van der Waals surface area contributed by atoms with Gasteiger partial charge in [0, 0.05) is 30.4 Å². The summed E-state index contributed by atoms with van der Waals surface area (Å²) in [5, 5.41) is 3.45. The highest BCUT2D eigenvalue weighted by molar-refractivity contribution is 7.98. The van der Waals surface area contributed by atoms with Crippen molar-refractivity contribution in [2.24, 2.45) is 0 Å². The molecule has 2 saturated heterocycles. The summed E-state index contributed by atoms with van der Waals surface area (Å²) in [4.78, 5) is 2.77. The first-order valence-electron chi connectivity index (χ1n) is 5.77. The molecule has 2 heterocycles.